The van der Waals surface area contributed by atoms with Crippen LogP contribution in [0.3, 0.4) is 0 Å². The van der Waals surface area contributed by atoms with E-state index in [0.29, 0.717) is 0 Å². The van der Waals surface area contributed by atoms with E-state index in [-0.39, 0.29) is 5.91 Å². The van der Waals surface area contributed by atoms with Gasteiger partial charge in [0, 0.05) is 33.6 Å². The van der Waals surface area contributed by atoms with E-state index in [0.717, 1.165) is 32.1 Å². The zero-order valence-electron chi connectivity index (χ0n) is 14.8. The summed E-state index contributed by atoms with van der Waals surface area (Å²) in [5.41, 5.74) is 0. The van der Waals surface area contributed by atoms with Crippen molar-refractivity contribution in [2.45, 2.75) is 89.1 Å². The van der Waals surface area contributed by atoms with Crippen LogP contribution in [-0.2, 0) is 33.3 Å². The molecule has 8 nitrogen and oxygen atoms in total. The molecule has 1 amide bonds. The molecule has 1 heterocycles. The lowest BCUT2D eigenvalue weighted by Gasteiger charge is -2.35. The first-order valence-corrected chi connectivity index (χ1v) is 8.78. The molecule has 1 saturated heterocycles. The first-order chi connectivity index (χ1) is 11.8. The Morgan fingerprint density at radius 2 is 1.36 bits per heavy atom. The average molecular weight is 355 g/mol. The van der Waals surface area contributed by atoms with E-state index < -0.39 is 48.2 Å². The summed E-state index contributed by atoms with van der Waals surface area (Å²) < 4.78 is 23.3. The molecule has 140 valence electrons. The van der Waals surface area contributed by atoms with Crippen molar-refractivity contribution in [3.8, 4) is 0 Å². The van der Waals surface area contributed by atoms with Crippen LogP contribution in [0.15, 0.2) is 0 Å². The van der Waals surface area contributed by atoms with E-state index in [9.17, 15) is 14.4 Å². The predicted molar refractivity (Wildman–Crippen MR) is 84.3 cm³/mol. The molecule has 25 heavy (non-hydrogen) atoms. The van der Waals surface area contributed by atoms with Gasteiger partial charge in [-0.15, -0.1) is 0 Å². The summed E-state index contributed by atoms with van der Waals surface area (Å²) in [6, 6.07) is -0.707. The van der Waals surface area contributed by atoms with E-state index in [1.807, 2.05) is 0 Å². The Balaban J connectivity index is 1.89. The molecule has 8 heteroatoms. The summed E-state index contributed by atoms with van der Waals surface area (Å²) >= 11 is 0. The number of esters is 2. The standard InChI is InChI=1S/C17H25NO7/c1-9(19)18-12-13(22-10(2)20)15-16(14(12)23-11(3)21)25-17(24-15)7-5-4-6-8-17/h12-16H,4-8H2,1-3H3,(H,18,19)/t12?,13-,14+,15+,16-. The molecular weight excluding hydrogens is 330 g/mol. The van der Waals surface area contributed by atoms with Crippen LogP contribution in [0.1, 0.15) is 52.9 Å². The smallest absolute Gasteiger partial charge is 0.303 e. The number of carbonyl (C=O) groups excluding carboxylic acids is 3. The summed E-state index contributed by atoms with van der Waals surface area (Å²) in [6.45, 7) is 3.95. The van der Waals surface area contributed by atoms with Crippen molar-refractivity contribution >= 4 is 17.8 Å². The van der Waals surface area contributed by atoms with Crippen molar-refractivity contribution in [3.63, 3.8) is 0 Å². The van der Waals surface area contributed by atoms with Gasteiger partial charge in [-0.1, -0.05) is 6.42 Å². The van der Waals surface area contributed by atoms with Gasteiger partial charge >= 0.3 is 11.9 Å². The fraction of sp³-hybridized carbons (Fsp3) is 0.824. The van der Waals surface area contributed by atoms with Gasteiger partial charge in [-0.05, 0) is 12.8 Å². The molecule has 3 fully saturated rings. The Hall–Kier alpha value is -1.67. The molecular formula is C17H25NO7. The van der Waals surface area contributed by atoms with Crippen molar-refractivity contribution in [2.75, 3.05) is 0 Å². The van der Waals surface area contributed by atoms with E-state index in [1.165, 1.54) is 20.8 Å². The van der Waals surface area contributed by atoms with Crippen molar-refractivity contribution in [1.82, 2.24) is 5.32 Å². The highest BCUT2D eigenvalue weighted by molar-refractivity contribution is 5.74. The maximum absolute atomic E-state index is 11.6. The second-order valence-corrected chi connectivity index (χ2v) is 7.01. The third-order valence-corrected chi connectivity index (χ3v) is 4.97. The lowest BCUT2D eigenvalue weighted by molar-refractivity contribution is -0.221. The van der Waals surface area contributed by atoms with Gasteiger partial charge in [0.05, 0.1) is 0 Å². The van der Waals surface area contributed by atoms with E-state index in [4.69, 9.17) is 18.9 Å². The molecule has 2 aliphatic carbocycles. The van der Waals surface area contributed by atoms with Crippen LogP contribution in [0.2, 0.25) is 0 Å². The third-order valence-electron chi connectivity index (χ3n) is 4.97. The van der Waals surface area contributed by atoms with Gasteiger partial charge in [0.25, 0.3) is 0 Å². The zero-order valence-corrected chi connectivity index (χ0v) is 14.8. The van der Waals surface area contributed by atoms with Crippen molar-refractivity contribution < 1.29 is 33.3 Å². The molecule has 1 N–H and O–H groups in total. The molecule has 1 spiro atoms. The van der Waals surface area contributed by atoms with Crippen LogP contribution < -0.4 is 5.32 Å². The summed E-state index contributed by atoms with van der Waals surface area (Å²) in [6.07, 6.45) is 1.92. The quantitative estimate of drug-likeness (QED) is 0.748. The number of hydrogen-bond donors (Lipinski definition) is 1. The number of hydrogen-bond acceptors (Lipinski definition) is 7. The molecule has 3 rings (SSSR count). The summed E-state index contributed by atoms with van der Waals surface area (Å²) in [5.74, 6) is -2.01. The lowest BCUT2D eigenvalue weighted by Crippen LogP contribution is -2.52. The number of nitrogens with one attached hydrogen (secondary N) is 1. The number of fused-ring (bicyclic) bond motifs is 1. The van der Waals surface area contributed by atoms with Crippen LogP contribution in [-0.4, -0.2) is 54.1 Å². The highest BCUT2D eigenvalue weighted by Crippen LogP contribution is 2.47. The number of ether oxygens (including phenoxy) is 4. The van der Waals surface area contributed by atoms with Gasteiger partial charge in [0.2, 0.25) is 5.91 Å². The number of rotatable bonds is 3. The highest BCUT2D eigenvalue weighted by Gasteiger charge is 2.64. The molecule has 2 saturated carbocycles. The Bertz CT molecular complexity index is 523. The number of amides is 1. The minimum atomic E-state index is -0.767. The molecule has 1 unspecified atom stereocenters. The van der Waals surface area contributed by atoms with E-state index in [1.54, 1.807) is 0 Å². The van der Waals surface area contributed by atoms with E-state index in [2.05, 4.69) is 5.32 Å². The van der Waals surface area contributed by atoms with Gasteiger partial charge in [0.1, 0.15) is 18.2 Å². The Morgan fingerprint density at radius 3 is 1.76 bits per heavy atom. The molecule has 0 aromatic heterocycles. The second-order valence-electron chi connectivity index (χ2n) is 7.01. The van der Waals surface area contributed by atoms with Crippen molar-refractivity contribution in [1.29, 1.82) is 0 Å². The molecule has 3 aliphatic rings. The fourth-order valence-corrected chi connectivity index (χ4v) is 4.15. The van der Waals surface area contributed by atoms with Crippen molar-refractivity contribution in [3.05, 3.63) is 0 Å². The molecule has 0 radical (unpaired) electrons. The molecule has 0 bridgehead atoms. The Morgan fingerprint density at radius 1 is 0.880 bits per heavy atom. The third kappa shape index (κ3) is 3.64. The Labute approximate surface area is 146 Å². The second kappa shape index (κ2) is 6.92. The van der Waals surface area contributed by atoms with Gasteiger partial charge in [-0.3, -0.25) is 14.4 Å². The molecule has 5 atom stereocenters. The topological polar surface area (TPSA) is 100 Å². The van der Waals surface area contributed by atoms with Gasteiger partial charge in [-0.2, -0.15) is 0 Å². The van der Waals surface area contributed by atoms with Gasteiger partial charge in [-0.25, -0.2) is 0 Å². The summed E-state index contributed by atoms with van der Waals surface area (Å²) in [7, 11) is 0. The zero-order chi connectivity index (χ0) is 18.2. The van der Waals surface area contributed by atoms with Crippen LogP contribution in [0.5, 0.6) is 0 Å². The van der Waals surface area contributed by atoms with Crippen LogP contribution >= 0.6 is 0 Å². The average Bonchev–Trinajstić information content (AvgIpc) is 2.97. The summed E-state index contributed by atoms with van der Waals surface area (Å²) in [4.78, 5) is 34.8. The largest absolute Gasteiger partial charge is 0.457 e. The van der Waals surface area contributed by atoms with Crippen LogP contribution in [0.25, 0.3) is 0 Å². The lowest BCUT2D eigenvalue weighted by atomic mass is 9.94. The monoisotopic (exact) mass is 355 g/mol. The Kier molecular flexibility index (Phi) is 5.02. The van der Waals surface area contributed by atoms with Gasteiger partial charge in [0.15, 0.2) is 18.0 Å². The van der Waals surface area contributed by atoms with E-state index >= 15 is 0 Å². The first kappa shape index (κ1) is 18.1. The maximum Gasteiger partial charge on any atom is 0.303 e. The number of carbonyl (C=O) groups is 3. The molecule has 1 aliphatic heterocycles. The highest BCUT2D eigenvalue weighted by atomic mass is 16.8. The predicted octanol–water partition coefficient (Wildman–Crippen LogP) is 0.812. The molecule has 0 aromatic rings. The normalized spacial score (nSPS) is 35.9. The van der Waals surface area contributed by atoms with Crippen LogP contribution in [0, 0.1) is 0 Å². The molecule has 0 aromatic carbocycles. The minimum Gasteiger partial charge on any atom is -0.457 e. The summed E-state index contributed by atoms with van der Waals surface area (Å²) in [5, 5.41) is 2.72. The maximum atomic E-state index is 11.6. The van der Waals surface area contributed by atoms with Crippen molar-refractivity contribution in [2.24, 2.45) is 0 Å². The minimum absolute atomic E-state index is 0.313. The van der Waals surface area contributed by atoms with Gasteiger partial charge < -0.3 is 24.3 Å². The van der Waals surface area contributed by atoms with Crippen LogP contribution in [0.4, 0.5) is 0 Å². The first-order valence-electron chi connectivity index (χ1n) is 8.78. The fourth-order valence-electron chi connectivity index (χ4n) is 4.15. The SMILES string of the molecule is CC(=O)NC1[C@@H](OC(C)=O)[C@@H]2OC3(CCCCC3)O[C@@H]2[C@H]1OC(C)=O.